The standard InChI is InChI=1S/C17H22N2O/c1-12-11-16(9-6-14(12)5-4-10-18)17(20)19(3)13(2)15-7-8-15/h6,9,11,13,15H,7-8,10,18H2,1-3H3. The first-order valence-electron chi connectivity index (χ1n) is 7.11. The normalized spacial score (nSPS) is 15.2. The lowest BCUT2D eigenvalue weighted by Gasteiger charge is -2.25. The van der Waals surface area contributed by atoms with Crippen LogP contribution in [-0.2, 0) is 0 Å². The number of benzene rings is 1. The molecule has 1 fully saturated rings. The molecule has 106 valence electrons. The van der Waals surface area contributed by atoms with E-state index in [-0.39, 0.29) is 5.91 Å². The van der Waals surface area contributed by atoms with Crippen LogP contribution < -0.4 is 5.73 Å². The molecule has 1 amide bonds. The quantitative estimate of drug-likeness (QED) is 0.856. The zero-order chi connectivity index (χ0) is 14.7. The van der Waals surface area contributed by atoms with Crippen molar-refractivity contribution in [1.29, 1.82) is 0 Å². The molecule has 0 saturated heterocycles. The molecule has 0 aliphatic heterocycles. The van der Waals surface area contributed by atoms with Crippen molar-refractivity contribution in [3.05, 3.63) is 34.9 Å². The molecule has 1 unspecified atom stereocenters. The van der Waals surface area contributed by atoms with E-state index in [9.17, 15) is 4.79 Å². The number of amides is 1. The van der Waals surface area contributed by atoms with E-state index in [1.807, 2.05) is 37.1 Å². The van der Waals surface area contributed by atoms with Crippen molar-refractivity contribution < 1.29 is 4.79 Å². The highest BCUT2D eigenvalue weighted by molar-refractivity contribution is 5.94. The SMILES string of the molecule is Cc1cc(C(=O)N(C)C(C)C2CC2)ccc1C#CCN. The van der Waals surface area contributed by atoms with Gasteiger partial charge < -0.3 is 10.6 Å². The molecule has 3 heteroatoms. The predicted octanol–water partition coefficient (Wildman–Crippen LogP) is 2.18. The van der Waals surface area contributed by atoms with Crippen molar-refractivity contribution >= 4 is 5.91 Å². The Hall–Kier alpha value is -1.79. The van der Waals surface area contributed by atoms with E-state index in [1.54, 1.807) is 0 Å². The fraction of sp³-hybridized carbons (Fsp3) is 0.471. The third-order valence-electron chi connectivity index (χ3n) is 4.03. The molecule has 1 aromatic rings. The summed E-state index contributed by atoms with van der Waals surface area (Å²) < 4.78 is 0. The van der Waals surface area contributed by atoms with Gasteiger partial charge in [-0.05, 0) is 56.4 Å². The van der Waals surface area contributed by atoms with Gasteiger partial charge in [-0.3, -0.25) is 4.79 Å². The lowest BCUT2D eigenvalue weighted by Crippen LogP contribution is -2.36. The average Bonchev–Trinajstić information content (AvgIpc) is 3.28. The second-order valence-electron chi connectivity index (χ2n) is 5.53. The predicted molar refractivity (Wildman–Crippen MR) is 81.4 cm³/mol. The Kier molecular flexibility index (Phi) is 4.46. The Morgan fingerprint density at radius 1 is 1.50 bits per heavy atom. The summed E-state index contributed by atoms with van der Waals surface area (Å²) in [5, 5.41) is 0. The molecule has 1 atom stereocenters. The largest absolute Gasteiger partial charge is 0.339 e. The molecule has 2 N–H and O–H groups in total. The fourth-order valence-corrected chi connectivity index (χ4v) is 2.37. The van der Waals surface area contributed by atoms with Gasteiger partial charge in [-0.2, -0.15) is 0 Å². The van der Waals surface area contributed by atoms with Gasteiger partial charge in [-0.1, -0.05) is 11.8 Å². The zero-order valence-corrected chi connectivity index (χ0v) is 12.4. The maximum Gasteiger partial charge on any atom is 0.253 e. The number of nitrogens with zero attached hydrogens (tertiary/aromatic N) is 1. The highest BCUT2D eigenvalue weighted by atomic mass is 16.2. The number of aryl methyl sites for hydroxylation is 1. The smallest absolute Gasteiger partial charge is 0.253 e. The van der Waals surface area contributed by atoms with Crippen molar-refractivity contribution in [2.75, 3.05) is 13.6 Å². The first-order valence-corrected chi connectivity index (χ1v) is 7.11. The lowest BCUT2D eigenvalue weighted by atomic mass is 10.0. The monoisotopic (exact) mass is 270 g/mol. The lowest BCUT2D eigenvalue weighted by molar-refractivity contribution is 0.0727. The molecule has 20 heavy (non-hydrogen) atoms. The van der Waals surface area contributed by atoms with Gasteiger partial charge in [0.25, 0.3) is 5.91 Å². The average molecular weight is 270 g/mol. The summed E-state index contributed by atoms with van der Waals surface area (Å²) in [6, 6.07) is 5.99. The van der Waals surface area contributed by atoms with Crippen LogP contribution in [0.25, 0.3) is 0 Å². The maximum absolute atomic E-state index is 12.5. The molecule has 2 rings (SSSR count). The summed E-state index contributed by atoms with van der Waals surface area (Å²) in [5.74, 6) is 6.63. The molecule has 0 aromatic heterocycles. The summed E-state index contributed by atoms with van der Waals surface area (Å²) >= 11 is 0. The van der Waals surface area contributed by atoms with Crippen LogP contribution in [0.5, 0.6) is 0 Å². The second-order valence-corrected chi connectivity index (χ2v) is 5.53. The van der Waals surface area contributed by atoms with Crippen LogP contribution in [0.4, 0.5) is 0 Å². The number of hydrogen-bond acceptors (Lipinski definition) is 2. The summed E-state index contributed by atoms with van der Waals surface area (Å²) in [6.07, 6.45) is 2.48. The molecule has 0 bridgehead atoms. The highest BCUT2D eigenvalue weighted by Gasteiger charge is 2.32. The van der Waals surface area contributed by atoms with Crippen LogP contribution >= 0.6 is 0 Å². The van der Waals surface area contributed by atoms with Gasteiger partial charge in [0.2, 0.25) is 0 Å². The minimum Gasteiger partial charge on any atom is -0.339 e. The summed E-state index contributed by atoms with van der Waals surface area (Å²) in [5.41, 5.74) is 8.06. The van der Waals surface area contributed by atoms with Gasteiger partial charge in [0, 0.05) is 24.2 Å². The van der Waals surface area contributed by atoms with E-state index >= 15 is 0 Å². The molecule has 1 aromatic carbocycles. The second kappa shape index (κ2) is 6.11. The Balaban J connectivity index is 2.16. The molecule has 0 spiro atoms. The molecule has 3 nitrogen and oxygen atoms in total. The van der Waals surface area contributed by atoms with Gasteiger partial charge in [0.05, 0.1) is 6.54 Å². The molecule has 0 heterocycles. The molecule has 0 radical (unpaired) electrons. The Morgan fingerprint density at radius 2 is 2.20 bits per heavy atom. The first kappa shape index (κ1) is 14.6. The Morgan fingerprint density at radius 3 is 2.75 bits per heavy atom. The van der Waals surface area contributed by atoms with Gasteiger partial charge in [0.15, 0.2) is 0 Å². The van der Waals surface area contributed by atoms with Crippen molar-refractivity contribution in [3.63, 3.8) is 0 Å². The van der Waals surface area contributed by atoms with E-state index in [1.165, 1.54) is 12.8 Å². The van der Waals surface area contributed by atoms with Crippen molar-refractivity contribution in [1.82, 2.24) is 4.90 Å². The summed E-state index contributed by atoms with van der Waals surface area (Å²) in [4.78, 5) is 14.3. The van der Waals surface area contributed by atoms with E-state index in [0.29, 0.717) is 18.5 Å². The van der Waals surface area contributed by atoms with Gasteiger partial charge in [0.1, 0.15) is 0 Å². The Labute approximate surface area is 121 Å². The third-order valence-corrected chi connectivity index (χ3v) is 4.03. The zero-order valence-electron chi connectivity index (χ0n) is 12.4. The van der Waals surface area contributed by atoms with Crippen LogP contribution in [0.15, 0.2) is 18.2 Å². The third kappa shape index (κ3) is 3.20. The highest BCUT2D eigenvalue weighted by Crippen LogP contribution is 2.35. The van der Waals surface area contributed by atoms with Crippen LogP contribution in [0, 0.1) is 24.7 Å². The van der Waals surface area contributed by atoms with E-state index in [2.05, 4.69) is 18.8 Å². The van der Waals surface area contributed by atoms with Crippen LogP contribution in [-0.4, -0.2) is 30.4 Å². The molecule has 1 aliphatic carbocycles. The van der Waals surface area contributed by atoms with Crippen LogP contribution in [0.1, 0.15) is 41.3 Å². The van der Waals surface area contributed by atoms with E-state index < -0.39 is 0 Å². The number of nitrogens with two attached hydrogens (primary N) is 1. The minimum atomic E-state index is 0.0887. The Bertz CT molecular complexity index is 564. The topological polar surface area (TPSA) is 46.3 Å². The number of carbonyl (C=O) groups is 1. The number of rotatable bonds is 3. The maximum atomic E-state index is 12.5. The van der Waals surface area contributed by atoms with E-state index in [4.69, 9.17) is 5.73 Å². The van der Waals surface area contributed by atoms with Crippen molar-refractivity contribution in [2.24, 2.45) is 11.7 Å². The number of carbonyl (C=O) groups excluding carboxylic acids is 1. The molecular formula is C17H22N2O. The van der Waals surface area contributed by atoms with Gasteiger partial charge in [-0.15, -0.1) is 0 Å². The van der Waals surface area contributed by atoms with Crippen LogP contribution in [0.3, 0.4) is 0 Å². The van der Waals surface area contributed by atoms with E-state index in [0.717, 1.165) is 16.7 Å². The number of hydrogen-bond donors (Lipinski definition) is 1. The van der Waals surface area contributed by atoms with Gasteiger partial charge >= 0.3 is 0 Å². The first-order chi connectivity index (χ1) is 9.54. The fourth-order valence-electron chi connectivity index (χ4n) is 2.37. The van der Waals surface area contributed by atoms with Crippen molar-refractivity contribution in [2.45, 2.75) is 32.7 Å². The minimum absolute atomic E-state index is 0.0887. The van der Waals surface area contributed by atoms with Crippen LogP contribution in [0.2, 0.25) is 0 Å². The molecular weight excluding hydrogens is 248 g/mol. The molecule has 1 saturated carbocycles. The van der Waals surface area contributed by atoms with Gasteiger partial charge in [-0.25, -0.2) is 0 Å². The summed E-state index contributed by atoms with van der Waals surface area (Å²) in [6.45, 7) is 4.45. The summed E-state index contributed by atoms with van der Waals surface area (Å²) in [7, 11) is 1.89. The molecule has 1 aliphatic rings. The van der Waals surface area contributed by atoms with Crippen molar-refractivity contribution in [3.8, 4) is 11.8 Å².